The maximum absolute atomic E-state index is 14.4. The van der Waals surface area contributed by atoms with Crippen LogP contribution < -0.4 is 9.47 Å². The molecule has 0 aliphatic heterocycles. The van der Waals surface area contributed by atoms with Crippen LogP contribution in [0.2, 0.25) is 0 Å². The molecule has 0 aliphatic carbocycles. The van der Waals surface area contributed by atoms with Gasteiger partial charge in [0.15, 0.2) is 23.1 Å². The summed E-state index contributed by atoms with van der Waals surface area (Å²) in [7, 11) is 0. The van der Waals surface area contributed by atoms with Crippen LogP contribution in [0, 0.1) is 23.3 Å². The second-order valence-corrected chi connectivity index (χ2v) is 7.54. The molecule has 0 radical (unpaired) electrons. The van der Waals surface area contributed by atoms with Crippen LogP contribution in [0.4, 0.5) is 17.6 Å². The van der Waals surface area contributed by atoms with Crippen LogP contribution in [0.15, 0.2) is 84.9 Å². The number of benzene rings is 4. The van der Waals surface area contributed by atoms with Gasteiger partial charge in [0.25, 0.3) is 0 Å². The van der Waals surface area contributed by atoms with Crippen LogP contribution in [-0.2, 0) is 19.6 Å². The van der Waals surface area contributed by atoms with Crippen molar-refractivity contribution in [1.82, 2.24) is 0 Å². The van der Waals surface area contributed by atoms with Crippen LogP contribution in [0.1, 0.15) is 22.3 Å². The highest BCUT2D eigenvalue weighted by Crippen LogP contribution is 2.24. The Labute approximate surface area is 189 Å². The van der Waals surface area contributed by atoms with Gasteiger partial charge < -0.3 is 9.47 Å². The summed E-state index contributed by atoms with van der Waals surface area (Å²) in [5.74, 6) is -1.60. The lowest BCUT2D eigenvalue weighted by Crippen LogP contribution is -2.00. The summed E-state index contributed by atoms with van der Waals surface area (Å²) in [5, 5.41) is 0. The molecule has 0 unspecified atom stereocenters. The van der Waals surface area contributed by atoms with E-state index in [4.69, 9.17) is 9.47 Å². The van der Waals surface area contributed by atoms with Gasteiger partial charge in [-0.05, 0) is 77.2 Å². The molecule has 0 heterocycles. The molecule has 4 rings (SSSR count). The van der Waals surface area contributed by atoms with Gasteiger partial charge >= 0.3 is 0 Å². The molecule has 4 aromatic rings. The SMILES string of the molecule is Fc1ccc(COc2ccc(Cc3ccc(OCc4ccc(F)cc4)c(F)c3)cc2F)cc1. The van der Waals surface area contributed by atoms with Crippen molar-refractivity contribution < 1.29 is 27.0 Å². The van der Waals surface area contributed by atoms with Gasteiger partial charge in [0.05, 0.1) is 0 Å². The Bertz CT molecular complexity index is 1130. The summed E-state index contributed by atoms with van der Waals surface area (Å²) in [6.45, 7) is 0.224. The average Bonchev–Trinajstić information content (AvgIpc) is 2.80. The molecule has 0 saturated heterocycles. The Kier molecular flexibility index (Phi) is 6.93. The first-order valence-electron chi connectivity index (χ1n) is 10.3. The zero-order valence-electron chi connectivity index (χ0n) is 17.5. The van der Waals surface area contributed by atoms with Crippen molar-refractivity contribution in [2.75, 3.05) is 0 Å². The monoisotopic (exact) mass is 452 g/mol. The first-order valence-corrected chi connectivity index (χ1v) is 10.3. The first kappa shape index (κ1) is 22.4. The van der Waals surface area contributed by atoms with Gasteiger partial charge in [-0.1, -0.05) is 36.4 Å². The van der Waals surface area contributed by atoms with Gasteiger partial charge in [0.2, 0.25) is 0 Å². The lowest BCUT2D eigenvalue weighted by atomic mass is 10.0. The standard InChI is InChI=1S/C27H20F4O2/c28-22-7-1-18(2-8-22)16-32-26-11-5-20(14-24(26)30)13-21-6-12-27(25(31)15-21)33-17-19-3-9-23(29)10-4-19/h1-12,14-15H,13,16-17H2. The summed E-state index contributed by atoms with van der Waals surface area (Å²) < 4.78 is 65.8. The smallest absolute Gasteiger partial charge is 0.165 e. The number of rotatable bonds is 8. The fourth-order valence-electron chi connectivity index (χ4n) is 3.26. The fourth-order valence-corrected chi connectivity index (χ4v) is 3.26. The van der Waals surface area contributed by atoms with Crippen molar-refractivity contribution in [3.8, 4) is 11.5 Å². The van der Waals surface area contributed by atoms with Gasteiger partial charge in [-0.2, -0.15) is 0 Å². The van der Waals surface area contributed by atoms with E-state index in [-0.39, 0.29) is 36.3 Å². The van der Waals surface area contributed by atoms with Gasteiger partial charge in [-0.15, -0.1) is 0 Å². The molecule has 0 aliphatic rings. The van der Waals surface area contributed by atoms with Crippen LogP contribution in [-0.4, -0.2) is 0 Å². The molecule has 0 saturated carbocycles. The topological polar surface area (TPSA) is 18.5 Å². The van der Waals surface area contributed by atoms with Gasteiger partial charge in [0.1, 0.15) is 24.8 Å². The molecule has 0 amide bonds. The Morgan fingerprint density at radius 2 is 0.818 bits per heavy atom. The maximum Gasteiger partial charge on any atom is 0.165 e. The van der Waals surface area contributed by atoms with Crippen LogP contribution in [0.5, 0.6) is 11.5 Å². The minimum Gasteiger partial charge on any atom is -0.486 e. The van der Waals surface area contributed by atoms with Crippen LogP contribution >= 0.6 is 0 Å². The van der Waals surface area contributed by atoms with E-state index < -0.39 is 11.6 Å². The van der Waals surface area contributed by atoms with E-state index in [0.29, 0.717) is 17.5 Å². The third-order valence-corrected chi connectivity index (χ3v) is 5.02. The third kappa shape index (κ3) is 6.13. The second kappa shape index (κ2) is 10.2. The highest BCUT2D eigenvalue weighted by atomic mass is 19.1. The fraction of sp³-hybridized carbons (Fsp3) is 0.111. The van der Waals surface area contributed by atoms with E-state index in [9.17, 15) is 17.6 Å². The molecule has 33 heavy (non-hydrogen) atoms. The summed E-state index contributed by atoms with van der Waals surface area (Å²) >= 11 is 0. The van der Waals surface area contributed by atoms with Gasteiger partial charge in [-0.3, -0.25) is 0 Å². The van der Waals surface area contributed by atoms with Crippen molar-refractivity contribution in [3.63, 3.8) is 0 Å². The minimum atomic E-state index is -0.533. The van der Waals surface area contributed by atoms with E-state index in [1.54, 1.807) is 36.4 Å². The predicted octanol–water partition coefficient (Wildman–Crippen LogP) is 6.99. The number of hydrogen-bond donors (Lipinski definition) is 0. The Hall–Kier alpha value is -3.80. The van der Waals surface area contributed by atoms with Gasteiger partial charge in [0, 0.05) is 0 Å². The molecule has 0 spiro atoms. The Balaban J connectivity index is 1.36. The van der Waals surface area contributed by atoms with Crippen LogP contribution in [0.25, 0.3) is 0 Å². The van der Waals surface area contributed by atoms with Crippen molar-refractivity contribution in [1.29, 1.82) is 0 Å². The minimum absolute atomic E-state index is 0.0822. The molecule has 0 N–H and O–H groups in total. The number of ether oxygens (including phenoxy) is 2. The van der Waals surface area contributed by atoms with E-state index >= 15 is 0 Å². The number of halogens is 4. The zero-order chi connectivity index (χ0) is 23.2. The largest absolute Gasteiger partial charge is 0.486 e. The predicted molar refractivity (Wildman–Crippen MR) is 117 cm³/mol. The van der Waals surface area contributed by atoms with Crippen molar-refractivity contribution >= 4 is 0 Å². The Morgan fingerprint density at radius 3 is 1.18 bits per heavy atom. The van der Waals surface area contributed by atoms with E-state index in [1.165, 1.54) is 48.5 Å². The highest BCUT2D eigenvalue weighted by molar-refractivity contribution is 5.36. The molecule has 0 atom stereocenters. The molecule has 6 heteroatoms. The van der Waals surface area contributed by atoms with E-state index in [1.807, 2.05) is 0 Å². The van der Waals surface area contributed by atoms with Gasteiger partial charge in [-0.25, -0.2) is 17.6 Å². The summed E-state index contributed by atoms with van der Waals surface area (Å²) in [6, 6.07) is 20.7. The molecule has 0 aromatic heterocycles. The highest BCUT2D eigenvalue weighted by Gasteiger charge is 2.09. The molecular formula is C27H20F4O2. The van der Waals surface area contributed by atoms with Crippen molar-refractivity contribution in [2.24, 2.45) is 0 Å². The Morgan fingerprint density at radius 1 is 0.455 bits per heavy atom. The molecule has 168 valence electrons. The third-order valence-electron chi connectivity index (χ3n) is 5.02. The summed E-state index contributed by atoms with van der Waals surface area (Å²) in [5.41, 5.74) is 2.75. The van der Waals surface area contributed by atoms with E-state index in [0.717, 1.165) is 11.1 Å². The summed E-state index contributed by atoms with van der Waals surface area (Å²) in [4.78, 5) is 0. The molecule has 2 nitrogen and oxygen atoms in total. The second-order valence-electron chi connectivity index (χ2n) is 7.54. The summed E-state index contributed by atoms with van der Waals surface area (Å²) in [6.07, 6.45) is 0.324. The van der Waals surface area contributed by atoms with Crippen molar-refractivity contribution in [2.45, 2.75) is 19.6 Å². The molecular weight excluding hydrogens is 432 g/mol. The van der Waals surface area contributed by atoms with E-state index in [2.05, 4.69) is 0 Å². The van der Waals surface area contributed by atoms with Crippen LogP contribution in [0.3, 0.4) is 0 Å². The average molecular weight is 452 g/mol. The number of hydrogen-bond acceptors (Lipinski definition) is 2. The molecule has 0 bridgehead atoms. The first-order chi connectivity index (χ1) is 16.0. The molecule has 4 aromatic carbocycles. The molecule has 0 fully saturated rings. The quantitative estimate of drug-likeness (QED) is 0.268. The normalized spacial score (nSPS) is 10.8. The zero-order valence-corrected chi connectivity index (χ0v) is 17.5. The maximum atomic E-state index is 14.4. The lowest BCUT2D eigenvalue weighted by Gasteiger charge is -2.11. The lowest BCUT2D eigenvalue weighted by molar-refractivity contribution is 0.290. The van der Waals surface area contributed by atoms with Crippen molar-refractivity contribution in [3.05, 3.63) is 130 Å².